The van der Waals surface area contributed by atoms with Crippen LogP contribution in [0.3, 0.4) is 0 Å². The number of aromatic amines is 1. The van der Waals surface area contributed by atoms with Crippen molar-refractivity contribution in [2.75, 3.05) is 18.1 Å². The summed E-state index contributed by atoms with van der Waals surface area (Å²) in [7, 11) is 0. The lowest BCUT2D eigenvalue weighted by molar-refractivity contribution is -0.138. The number of H-pyrrole nitrogens is 1. The van der Waals surface area contributed by atoms with Crippen molar-refractivity contribution >= 4 is 11.7 Å². The Morgan fingerprint density at radius 3 is 2.82 bits per heavy atom. The fourth-order valence-electron chi connectivity index (χ4n) is 3.14. The van der Waals surface area contributed by atoms with Gasteiger partial charge in [-0.2, -0.15) is 18.3 Å². The minimum atomic E-state index is -4.90. The summed E-state index contributed by atoms with van der Waals surface area (Å²) in [5, 5.41) is 24.2. The van der Waals surface area contributed by atoms with E-state index in [9.17, 15) is 27.9 Å². The molecule has 0 aliphatic carbocycles. The molecule has 3 N–H and O–H groups in total. The van der Waals surface area contributed by atoms with Crippen molar-refractivity contribution < 1.29 is 32.9 Å². The largest absolute Gasteiger partial charge is 0.491 e. The molecule has 28 heavy (non-hydrogen) atoms. The summed E-state index contributed by atoms with van der Waals surface area (Å²) in [5.74, 6) is -0.922. The molecule has 0 spiro atoms. The number of alkyl halides is 3. The molecule has 1 fully saturated rings. The number of rotatable bonds is 5. The van der Waals surface area contributed by atoms with Crippen LogP contribution in [0, 0.1) is 0 Å². The number of benzene rings is 1. The van der Waals surface area contributed by atoms with Crippen LogP contribution in [-0.2, 0) is 6.18 Å². The van der Waals surface area contributed by atoms with E-state index in [-0.39, 0.29) is 30.9 Å². The van der Waals surface area contributed by atoms with Crippen LogP contribution in [0.1, 0.15) is 22.3 Å². The Balaban J connectivity index is 1.85. The van der Waals surface area contributed by atoms with Crippen molar-refractivity contribution in [2.24, 2.45) is 0 Å². The number of hydrogen-bond donors (Lipinski definition) is 3. The second-order valence-electron chi connectivity index (χ2n) is 6.30. The molecule has 0 radical (unpaired) electrons. The van der Waals surface area contributed by atoms with Crippen LogP contribution >= 0.6 is 0 Å². The minimum Gasteiger partial charge on any atom is -0.491 e. The van der Waals surface area contributed by atoms with Gasteiger partial charge in [-0.25, -0.2) is 9.89 Å². The molecule has 150 valence electrons. The van der Waals surface area contributed by atoms with E-state index in [0.717, 1.165) is 6.20 Å². The molecular formula is C17H16F3N3O5. The number of aliphatic hydroxyl groups is 1. The first kappa shape index (κ1) is 19.7. The molecule has 0 amide bonds. The van der Waals surface area contributed by atoms with Gasteiger partial charge in [0.2, 0.25) is 0 Å². The van der Waals surface area contributed by atoms with Gasteiger partial charge in [0.15, 0.2) is 0 Å². The Kier molecular flexibility index (Phi) is 5.27. The van der Waals surface area contributed by atoms with Crippen molar-refractivity contribution in [1.29, 1.82) is 0 Å². The van der Waals surface area contributed by atoms with Crippen LogP contribution in [0.4, 0.5) is 18.9 Å². The lowest BCUT2D eigenvalue weighted by atomic mass is 10.1. The molecule has 1 saturated heterocycles. The first-order valence-corrected chi connectivity index (χ1v) is 8.22. The van der Waals surface area contributed by atoms with Gasteiger partial charge in [0.25, 0.3) is 5.56 Å². The normalized spacial score (nSPS) is 19.6. The monoisotopic (exact) mass is 399 g/mol. The third-order valence-corrected chi connectivity index (χ3v) is 4.34. The van der Waals surface area contributed by atoms with E-state index in [1.807, 2.05) is 0 Å². The molecule has 0 saturated carbocycles. The molecule has 1 aromatic carbocycles. The fraction of sp³-hybridized carbons (Fsp3) is 0.353. The van der Waals surface area contributed by atoms with Crippen molar-refractivity contribution in [3.63, 3.8) is 0 Å². The van der Waals surface area contributed by atoms with Gasteiger partial charge in [0.05, 0.1) is 29.6 Å². The van der Waals surface area contributed by atoms with Gasteiger partial charge in [-0.3, -0.25) is 4.79 Å². The standard InChI is InChI=1S/C17H16F3N3O5/c18-17(19,20)14-13(6-21-22-15(14)25)23-7-11(24)5-10(23)8-28-12-3-1-2-9(4-12)16(26)27/h1-4,6,10-11,24H,5,7-8H2,(H,22,25)(H,26,27)/t10-,11-/m0/s1. The van der Waals surface area contributed by atoms with Gasteiger partial charge in [-0.05, 0) is 24.6 Å². The molecule has 11 heteroatoms. The highest BCUT2D eigenvalue weighted by molar-refractivity contribution is 5.88. The maximum atomic E-state index is 13.3. The van der Waals surface area contributed by atoms with Gasteiger partial charge in [0.1, 0.15) is 17.9 Å². The van der Waals surface area contributed by atoms with Gasteiger partial charge < -0.3 is 19.8 Å². The zero-order chi connectivity index (χ0) is 20.5. The topological polar surface area (TPSA) is 116 Å². The molecule has 1 aliphatic rings. The smallest absolute Gasteiger partial charge is 0.423 e. The first-order valence-electron chi connectivity index (χ1n) is 8.22. The Hall–Kier alpha value is -3.08. The molecular weight excluding hydrogens is 383 g/mol. The molecule has 1 aliphatic heterocycles. The van der Waals surface area contributed by atoms with Crippen LogP contribution in [0.25, 0.3) is 0 Å². The van der Waals surface area contributed by atoms with E-state index >= 15 is 0 Å². The highest BCUT2D eigenvalue weighted by atomic mass is 19.4. The zero-order valence-corrected chi connectivity index (χ0v) is 14.3. The molecule has 2 aromatic rings. The summed E-state index contributed by atoms with van der Waals surface area (Å²) in [6.45, 7) is -0.248. The Morgan fingerprint density at radius 1 is 1.39 bits per heavy atom. The zero-order valence-electron chi connectivity index (χ0n) is 14.3. The summed E-state index contributed by atoms with van der Waals surface area (Å²) < 4.78 is 45.5. The van der Waals surface area contributed by atoms with E-state index in [1.165, 1.54) is 29.2 Å². The van der Waals surface area contributed by atoms with Crippen LogP contribution in [0.15, 0.2) is 35.3 Å². The minimum absolute atomic E-state index is 0.000960. The number of nitrogens with one attached hydrogen (secondary N) is 1. The number of carboxylic acid groups (broad SMARTS) is 1. The van der Waals surface area contributed by atoms with E-state index in [2.05, 4.69) is 5.10 Å². The van der Waals surface area contributed by atoms with E-state index < -0.39 is 41.1 Å². The van der Waals surface area contributed by atoms with Gasteiger partial charge in [-0.15, -0.1) is 0 Å². The molecule has 0 unspecified atom stereocenters. The van der Waals surface area contributed by atoms with Crippen LogP contribution in [0.5, 0.6) is 5.75 Å². The van der Waals surface area contributed by atoms with Gasteiger partial charge in [-0.1, -0.05) is 6.07 Å². The van der Waals surface area contributed by atoms with Crippen LogP contribution < -0.4 is 15.2 Å². The number of carbonyl (C=O) groups is 1. The quantitative estimate of drug-likeness (QED) is 0.698. The third-order valence-electron chi connectivity index (χ3n) is 4.34. The summed E-state index contributed by atoms with van der Waals surface area (Å²) in [6, 6.07) is 4.97. The van der Waals surface area contributed by atoms with Gasteiger partial charge in [0, 0.05) is 6.54 Å². The highest BCUT2D eigenvalue weighted by Crippen LogP contribution is 2.36. The van der Waals surface area contributed by atoms with E-state index in [4.69, 9.17) is 9.84 Å². The fourth-order valence-corrected chi connectivity index (χ4v) is 3.14. The molecule has 2 atom stereocenters. The van der Waals surface area contributed by atoms with E-state index in [1.54, 1.807) is 5.10 Å². The second-order valence-corrected chi connectivity index (χ2v) is 6.30. The lowest BCUT2D eigenvalue weighted by Gasteiger charge is -2.28. The highest BCUT2D eigenvalue weighted by Gasteiger charge is 2.42. The number of anilines is 1. The van der Waals surface area contributed by atoms with Crippen LogP contribution in [0.2, 0.25) is 0 Å². The number of nitrogens with zero attached hydrogens (tertiary/aromatic N) is 2. The van der Waals surface area contributed by atoms with Crippen molar-refractivity contribution in [2.45, 2.75) is 24.7 Å². The van der Waals surface area contributed by atoms with Crippen molar-refractivity contribution in [3.05, 3.63) is 51.9 Å². The van der Waals surface area contributed by atoms with Gasteiger partial charge >= 0.3 is 12.1 Å². The SMILES string of the molecule is O=C(O)c1cccc(OC[C@@H]2C[C@H](O)CN2c2cn[nH]c(=O)c2C(F)(F)F)c1. The number of aromatic nitrogens is 2. The number of halogens is 3. The number of aromatic carboxylic acids is 1. The summed E-state index contributed by atoms with van der Waals surface area (Å²) in [4.78, 5) is 23.9. The predicted molar refractivity (Wildman–Crippen MR) is 90.5 cm³/mol. The van der Waals surface area contributed by atoms with Crippen molar-refractivity contribution in [1.82, 2.24) is 10.2 Å². The summed E-state index contributed by atoms with van der Waals surface area (Å²) in [5.41, 5.74) is -3.21. The number of carboxylic acids is 1. The Morgan fingerprint density at radius 2 is 2.14 bits per heavy atom. The molecule has 3 rings (SSSR count). The maximum absolute atomic E-state index is 13.3. The molecule has 8 nitrogen and oxygen atoms in total. The van der Waals surface area contributed by atoms with E-state index in [0.29, 0.717) is 0 Å². The number of ether oxygens (including phenoxy) is 1. The first-order chi connectivity index (χ1) is 13.2. The Bertz CT molecular complexity index is 931. The number of β-amino-alcohol motifs (C(OH)–C–C–N with tert-alkyl or cyclic N) is 1. The third kappa shape index (κ3) is 4.09. The number of hydrogen-bond acceptors (Lipinski definition) is 6. The van der Waals surface area contributed by atoms with Crippen molar-refractivity contribution in [3.8, 4) is 5.75 Å². The lowest BCUT2D eigenvalue weighted by Crippen LogP contribution is -2.38. The van der Waals surface area contributed by atoms with Crippen LogP contribution in [-0.4, -0.2) is 51.7 Å². The number of aliphatic hydroxyl groups excluding tert-OH is 1. The summed E-state index contributed by atoms with van der Waals surface area (Å²) in [6.07, 6.45) is -4.82. The maximum Gasteiger partial charge on any atom is 0.423 e. The molecule has 0 bridgehead atoms. The average molecular weight is 399 g/mol. The molecule has 1 aromatic heterocycles. The summed E-state index contributed by atoms with van der Waals surface area (Å²) >= 11 is 0. The average Bonchev–Trinajstić information content (AvgIpc) is 2.99. The molecule has 2 heterocycles. The predicted octanol–water partition coefficient (Wildman–Crippen LogP) is 1.51. The Labute approximate surface area is 156 Å². The second kappa shape index (κ2) is 7.50.